The molecule has 1 N–H and O–H groups in total. The van der Waals surface area contributed by atoms with Gasteiger partial charge in [0.15, 0.2) is 0 Å². The second kappa shape index (κ2) is 5.67. The van der Waals surface area contributed by atoms with Gasteiger partial charge in [-0.05, 0) is 30.7 Å². The van der Waals surface area contributed by atoms with Gasteiger partial charge in [-0.15, -0.1) is 0 Å². The predicted molar refractivity (Wildman–Crippen MR) is 78.0 cm³/mol. The lowest BCUT2D eigenvalue weighted by molar-refractivity contribution is 0.578. The van der Waals surface area contributed by atoms with Crippen molar-refractivity contribution < 1.29 is 0 Å². The van der Waals surface area contributed by atoms with Crippen molar-refractivity contribution in [2.45, 2.75) is 33.4 Å². The standard InChI is InChI=1S/C14H18BrN3/c1-10(2)16-9-12-7-8-18(17-12)14-6-4-5-13(15)11(14)3/h4-8,10,16H,9H2,1-3H3. The lowest BCUT2D eigenvalue weighted by atomic mass is 10.2. The fourth-order valence-corrected chi connectivity index (χ4v) is 2.10. The molecule has 0 radical (unpaired) electrons. The van der Waals surface area contributed by atoms with E-state index in [1.165, 1.54) is 5.56 Å². The number of rotatable bonds is 4. The number of benzene rings is 1. The van der Waals surface area contributed by atoms with E-state index in [1.807, 2.05) is 23.0 Å². The molecule has 3 nitrogen and oxygen atoms in total. The van der Waals surface area contributed by atoms with Crippen LogP contribution >= 0.6 is 15.9 Å². The minimum absolute atomic E-state index is 0.475. The monoisotopic (exact) mass is 307 g/mol. The Hall–Kier alpha value is -1.13. The summed E-state index contributed by atoms with van der Waals surface area (Å²) in [4.78, 5) is 0. The smallest absolute Gasteiger partial charge is 0.0766 e. The average Bonchev–Trinajstić information content (AvgIpc) is 2.78. The Kier molecular flexibility index (Phi) is 4.19. The highest BCUT2D eigenvalue weighted by Gasteiger charge is 2.06. The van der Waals surface area contributed by atoms with Crippen LogP contribution in [0.2, 0.25) is 0 Å². The van der Waals surface area contributed by atoms with Crippen LogP contribution in [0.3, 0.4) is 0 Å². The molecule has 0 aliphatic rings. The zero-order valence-electron chi connectivity index (χ0n) is 10.9. The highest BCUT2D eigenvalue weighted by molar-refractivity contribution is 9.10. The van der Waals surface area contributed by atoms with Crippen molar-refractivity contribution >= 4 is 15.9 Å². The molecule has 0 saturated heterocycles. The van der Waals surface area contributed by atoms with Crippen molar-refractivity contribution in [3.63, 3.8) is 0 Å². The molecule has 1 aromatic heterocycles. The van der Waals surface area contributed by atoms with Crippen LogP contribution in [0.25, 0.3) is 5.69 Å². The Balaban J connectivity index is 2.21. The van der Waals surface area contributed by atoms with Gasteiger partial charge in [0.2, 0.25) is 0 Å². The Morgan fingerprint density at radius 3 is 2.83 bits per heavy atom. The summed E-state index contributed by atoms with van der Waals surface area (Å²) < 4.78 is 3.04. The summed E-state index contributed by atoms with van der Waals surface area (Å²) in [6.45, 7) is 7.16. The molecule has 0 spiro atoms. The molecule has 2 aromatic rings. The molecule has 96 valence electrons. The Morgan fingerprint density at radius 1 is 1.33 bits per heavy atom. The molecule has 2 rings (SSSR count). The molecule has 18 heavy (non-hydrogen) atoms. The lowest BCUT2D eigenvalue weighted by Crippen LogP contribution is -2.22. The molecule has 4 heteroatoms. The highest BCUT2D eigenvalue weighted by Crippen LogP contribution is 2.22. The molecule has 0 aliphatic carbocycles. The van der Waals surface area contributed by atoms with E-state index in [0.29, 0.717) is 6.04 Å². The predicted octanol–water partition coefficient (Wildman–Crippen LogP) is 3.44. The van der Waals surface area contributed by atoms with Crippen LogP contribution < -0.4 is 5.32 Å². The molecular weight excluding hydrogens is 290 g/mol. The number of nitrogens with zero attached hydrogens (tertiary/aromatic N) is 2. The zero-order valence-corrected chi connectivity index (χ0v) is 12.5. The van der Waals surface area contributed by atoms with E-state index in [4.69, 9.17) is 0 Å². The molecule has 0 bridgehead atoms. The number of aromatic nitrogens is 2. The van der Waals surface area contributed by atoms with E-state index in [-0.39, 0.29) is 0 Å². The first-order chi connectivity index (χ1) is 8.58. The molecule has 1 heterocycles. The van der Waals surface area contributed by atoms with Gasteiger partial charge < -0.3 is 5.32 Å². The summed E-state index contributed by atoms with van der Waals surface area (Å²) >= 11 is 3.55. The lowest BCUT2D eigenvalue weighted by Gasteiger charge is -2.08. The van der Waals surface area contributed by atoms with Gasteiger partial charge in [-0.25, -0.2) is 4.68 Å². The zero-order chi connectivity index (χ0) is 13.1. The Bertz CT molecular complexity index is 532. The van der Waals surface area contributed by atoms with Gasteiger partial charge in [0.05, 0.1) is 11.4 Å². The Labute approximate surface area is 116 Å². The molecule has 0 atom stereocenters. The SMILES string of the molecule is Cc1c(Br)cccc1-n1ccc(CNC(C)C)n1. The van der Waals surface area contributed by atoms with Crippen LogP contribution in [0.15, 0.2) is 34.9 Å². The maximum atomic E-state index is 4.59. The topological polar surface area (TPSA) is 29.9 Å². The van der Waals surface area contributed by atoms with Gasteiger partial charge in [0.1, 0.15) is 0 Å². The van der Waals surface area contributed by atoms with Crippen LogP contribution in [0, 0.1) is 6.92 Å². The number of nitrogens with one attached hydrogen (secondary N) is 1. The third-order valence-corrected chi connectivity index (χ3v) is 3.68. The first-order valence-electron chi connectivity index (χ1n) is 6.11. The molecule has 0 unspecified atom stereocenters. The molecule has 1 aromatic carbocycles. The number of hydrogen-bond acceptors (Lipinski definition) is 2. The van der Waals surface area contributed by atoms with Crippen molar-refractivity contribution in [3.8, 4) is 5.69 Å². The van der Waals surface area contributed by atoms with E-state index >= 15 is 0 Å². The van der Waals surface area contributed by atoms with E-state index in [1.54, 1.807) is 0 Å². The van der Waals surface area contributed by atoms with Crippen molar-refractivity contribution in [2.24, 2.45) is 0 Å². The third-order valence-electron chi connectivity index (χ3n) is 2.82. The van der Waals surface area contributed by atoms with Crippen molar-refractivity contribution in [3.05, 3.63) is 46.2 Å². The molecule has 0 saturated carbocycles. The second-order valence-electron chi connectivity index (χ2n) is 4.67. The van der Waals surface area contributed by atoms with Gasteiger partial charge in [0.25, 0.3) is 0 Å². The average molecular weight is 308 g/mol. The van der Waals surface area contributed by atoms with E-state index in [2.05, 4.69) is 59.2 Å². The largest absolute Gasteiger partial charge is 0.309 e. The van der Waals surface area contributed by atoms with Crippen LogP contribution in [0.1, 0.15) is 25.1 Å². The summed E-state index contributed by atoms with van der Waals surface area (Å²) in [7, 11) is 0. The van der Waals surface area contributed by atoms with Gasteiger partial charge in [-0.2, -0.15) is 5.10 Å². The molecule has 0 fully saturated rings. The summed E-state index contributed by atoms with van der Waals surface area (Å²) in [5.74, 6) is 0. The van der Waals surface area contributed by atoms with Crippen molar-refractivity contribution in [1.82, 2.24) is 15.1 Å². The maximum Gasteiger partial charge on any atom is 0.0766 e. The Morgan fingerprint density at radius 2 is 2.11 bits per heavy atom. The maximum absolute atomic E-state index is 4.59. The second-order valence-corrected chi connectivity index (χ2v) is 5.53. The number of halogens is 1. The normalized spacial score (nSPS) is 11.2. The van der Waals surface area contributed by atoms with Crippen LogP contribution in [-0.4, -0.2) is 15.8 Å². The summed E-state index contributed by atoms with van der Waals surface area (Å²) in [6, 6.07) is 8.68. The molecule has 0 amide bonds. The van der Waals surface area contributed by atoms with Crippen molar-refractivity contribution in [2.75, 3.05) is 0 Å². The fraction of sp³-hybridized carbons (Fsp3) is 0.357. The van der Waals surface area contributed by atoms with E-state index in [9.17, 15) is 0 Å². The molecule has 0 aliphatic heterocycles. The first-order valence-corrected chi connectivity index (χ1v) is 6.90. The van der Waals surface area contributed by atoms with Crippen LogP contribution in [-0.2, 0) is 6.54 Å². The van der Waals surface area contributed by atoms with E-state index in [0.717, 1.165) is 22.4 Å². The fourth-order valence-electron chi connectivity index (χ4n) is 1.74. The minimum Gasteiger partial charge on any atom is -0.309 e. The highest BCUT2D eigenvalue weighted by atomic mass is 79.9. The summed E-state index contributed by atoms with van der Waals surface area (Å²) in [5.41, 5.74) is 3.37. The summed E-state index contributed by atoms with van der Waals surface area (Å²) in [6.07, 6.45) is 2.01. The first kappa shape index (κ1) is 13.3. The quantitative estimate of drug-likeness (QED) is 0.937. The number of hydrogen-bond donors (Lipinski definition) is 1. The minimum atomic E-state index is 0.475. The van der Waals surface area contributed by atoms with Gasteiger partial charge in [-0.3, -0.25) is 0 Å². The van der Waals surface area contributed by atoms with Gasteiger partial charge in [0, 0.05) is 23.3 Å². The summed E-state index contributed by atoms with van der Waals surface area (Å²) in [5, 5.41) is 7.96. The van der Waals surface area contributed by atoms with E-state index < -0.39 is 0 Å². The third kappa shape index (κ3) is 3.00. The van der Waals surface area contributed by atoms with Crippen molar-refractivity contribution in [1.29, 1.82) is 0 Å². The van der Waals surface area contributed by atoms with Crippen LogP contribution in [0.5, 0.6) is 0 Å². The molecular formula is C14H18BrN3. The van der Waals surface area contributed by atoms with Gasteiger partial charge in [-0.1, -0.05) is 35.8 Å². The van der Waals surface area contributed by atoms with Crippen LogP contribution in [0.4, 0.5) is 0 Å². The van der Waals surface area contributed by atoms with Gasteiger partial charge >= 0.3 is 0 Å².